The summed E-state index contributed by atoms with van der Waals surface area (Å²) in [5.74, 6) is -4.41. The highest BCUT2D eigenvalue weighted by molar-refractivity contribution is 5.97. The summed E-state index contributed by atoms with van der Waals surface area (Å²) in [6.07, 6.45) is 4.72. The fourth-order valence-electron chi connectivity index (χ4n) is 7.39. The van der Waals surface area contributed by atoms with E-state index in [1.165, 1.54) is 34.8 Å². The second-order valence-electron chi connectivity index (χ2n) is 14.1. The lowest BCUT2D eigenvalue weighted by Crippen LogP contribution is -2.53. The minimum atomic E-state index is -1.06. The molecule has 3 fully saturated rings. The third kappa shape index (κ3) is 10.1. The van der Waals surface area contributed by atoms with Crippen LogP contribution in [0.1, 0.15) is 56.3 Å². The Morgan fingerprint density at radius 3 is 2.19 bits per heavy atom. The number of carbonyl (C=O) groups excluding carboxylic acids is 7. The fraction of sp³-hybridized carbons (Fsp3) is 0.618. The Hall–Kier alpha value is -5.01. The SMILES string of the molecule is CN1C[C@H](O)C[C@@H]1C(=O)NCC(=O)N1CCCC1C(=O)N1C[C@@H](O)C[C@H]1C(=O)CCC(=O)NC(Cc1cnc[nH]1)C(=O)CC(Cc1cnc[nH]1)C(N)=O. The molecule has 0 aliphatic carbocycles. The first kappa shape index (κ1) is 39.2. The maximum Gasteiger partial charge on any atom is 0.246 e. The number of likely N-dealkylation sites (tertiary alicyclic amines) is 3. The van der Waals surface area contributed by atoms with Gasteiger partial charge in [-0.25, -0.2) is 9.97 Å². The lowest BCUT2D eigenvalue weighted by molar-refractivity contribution is -0.146. The minimum absolute atomic E-state index is 0.0323. The zero-order valence-electron chi connectivity index (χ0n) is 29.6. The average molecular weight is 741 g/mol. The third-order valence-electron chi connectivity index (χ3n) is 10.2. The zero-order chi connectivity index (χ0) is 38.2. The van der Waals surface area contributed by atoms with E-state index in [1.807, 2.05) is 0 Å². The number of aliphatic hydroxyl groups excluding tert-OH is 2. The van der Waals surface area contributed by atoms with E-state index in [9.17, 15) is 43.8 Å². The molecule has 2 aromatic heterocycles. The van der Waals surface area contributed by atoms with E-state index >= 15 is 0 Å². The Morgan fingerprint density at radius 2 is 1.57 bits per heavy atom. The number of imidazole rings is 2. The van der Waals surface area contributed by atoms with Crippen LogP contribution < -0.4 is 16.4 Å². The number of amides is 5. The van der Waals surface area contributed by atoms with Gasteiger partial charge in [-0.05, 0) is 26.3 Å². The summed E-state index contributed by atoms with van der Waals surface area (Å²) in [6, 6.07) is -3.53. The highest BCUT2D eigenvalue weighted by atomic mass is 16.3. The fourth-order valence-corrected chi connectivity index (χ4v) is 7.39. The first-order valence-electron chi connectivity index (χ1n) is 17.8. The Bertz CT molecular complexity index is 1630. The van der Waals surface area contributed by atoms with Gasteiger partial charge in [0.1, 0.15) is 6.04 Å². The first-order valence-corrected chi connectivity index (χ1v) is 17.8. The number of nitrogens with one attached hydrogen (secondary N) is 4. The highest BCUT2D eigenvalue weighted by Crippen LogP contribution is 2.27. The third-order valence-corrected chi connectivity index (χ3v) is 10.2. The highest BCUT2D eigenvalue weighted by Gasteiger charge is 2.44. The summed E-state index contributed by atoms with van der Waals surface area (Å²) >= 11 is 0. The molecule has 8 N–H and O–H groups in total. The maximum atomic E-state index is 13.8. The Balaban J connectivity index is 1.16. The van der Waals surface area contributed by atoms with Crippen molar-refractivity contribution in [3.05, 3.63) is 36.4 Å². The van der Waals surface area contributed by atoms with Gasteiger partial charge in [0.15, 0.2) is 11.6 Å². The average Bonchev–Trinajstić information content (AvgIpc) is 3.97. The van der Waals surface area contributed by atoms with Crippen LogP contribution in [0.4, 0.5) is 0 Å². The topological polar surface area (TPSA) is 277 Å². The molecule has 3 unspecified atom stereocenters. The van der Waals surface area contributed by atoms with Crippen molar-refractivity contribution in [1.29, 1.82) is 0 Å². The van der Waals surface area contributed by atoms with E-state index < -0.39 is 83.4 Å². The lowest BCUT2D eigenvalue weighted by Gasteiger charge is -2.31. The molecule has 288 valence electrons. The molecule has 0 spiro atoms. The van der Waals surface area contributed by atoms with E-state index in [2.05, 4.69) is 30.6 Å². The van der Waals surface area contributed by atoms with Gasteiger partial charge in [-0.2, -0.15) is 0 Å². The standard InChI is InChI=1S/C34H48N10O9/c1-42-15-22(45)11-27(42)33(52)38-14-31(50)43-6-2-3-25(43)34(53)44-16-23(46)10-26(44)28(47)4-5-30(49)41-24(9-21-13-37-18-40-21)29(48)8-19(32(35)51)7-20-12-36-17-39-20/h12-13,17-19,22-27,45-46H,2-11,14-16H2,1H3,(H2,35,51)(H,36,39)(H,37,40)(H,38,52)(H,41,49)/t19?,22-,23+,24?,25?,26+,27-/m1/s1. The second kappa shape index (κ2) is 17.7. The maximum absolute atomic E-state index is 13.8. The number of primary amides is 1. The predicted molar refractivity (Wildman–Crippen MR) is 184 cm³/mol. The van der Waals surface area contributed by atoms with Crippen LogP contribution in [0.2, 0.25) is 0 Å². The number of aliphatic hydroxyl groups is 2. The number of Topliss-reactive ketones (excluding diaryl/α,β-unsaturated/α-hetero) is 2. The van der Waals surface area contributed by atoms with Crippen molar-refractivity contribution >= 4 is 41.1 Å². The number of ketones is 2. The van der Waals surface area contributed by atoms with E-state index in [-0.39, 0.29) is 64.6 Å². The molecule has 2 aromatic rings. The van der Waals surface area contributed by atoms with Crippen LogP contribution in [0.3, 0.4) is 0 Å². The number of nitrogens with two attached hydrogens (primary N) is 1. The van der Waals surface area contributed by atoms with Crippen molar-refractivity contribution in [1.82, 2.24) is 45.3 Å². The first-order chi connectivity index (χ1) is 25.3. The number of likely N-dealkylation sites (N-methyl/N-ethyl adjacent to an activating group) is 1. The number of nitrogens with zero attached hydrogens (tertiary/aromatic N) is 5. The summed E-state index contributed by atoms with van der Waals surface area (Å²) in [5.41, 5.74) is 6.75. The molecule has 53 heavy (non-hydrogen) atoms. The molecule has 3 aliphatic heterocycles. The molecule has 0 aromatic carbocycles. The smallest absolute Gasteiger partial charge is 0.246 e. The summed E-state index contributed by atoms with van der Waals surface area (Å²) in [5, 5.41) is 25.6. The molecule has 5 heterocycles. The van der Waals surface area contributed by atoms with Crippen LogP contribution in [0.15, 0.2) is 25.0 Å². The van der Waals surface area contributed by atoms with Crippen LogP contribution in [0, 0.1) is 5.92 Å². The summed E-state index contributed by atoms with van der Waals surface area (Å²) in [6.45, 7) is 0.178. The molecule has 5 amide bonds. The van der Waals surface area contributed by atoms with Crippen molar-refractivity contribution in [3.63, 3.8) is 0 Å². The molecule has 5 rings (SSSR count). The Labute approximate surface area is 305 Å². The van der Waals surface area contributed by atoms with Crippen LogP contribution in [0.5, 0.6) is 0 Å². The molecule has 0 radical (unpaired) electrons. The van der Waals surface area contributed by atoms with Gasteiger partial charge >= 0.3 is 0 Å². The summed E-state index contributed by atoms with van der Waals surface area (Å²) < 4.78 is 0. The van der Waals surface area contributed by atoms with E-state index in [1.54, 1.807) is 11.9 Å². The number of aromatic nitrogens is 4. The van der Waals surface area contributed by atoms with Gasteiger partial charge in [-0.15, -0.1) is 0 Å². The van der Waals surface area contributed by atoms with Crippen LogP contribution >= 0.6 is 0 Å². The van der Waals surface area contributed by atoms with Crippen LogP contribution in [-0.4, -0.2) is 156 Å². The van der Waals surface area contributed by atoms with Crippen LogP contribution in [0.25, 0.3) is 0 Å². The van der Waals surface area contributed by atoms with Gasteiger partial charge in [-0.1, -0.05) is 0 Å². The Kier molecular flexibility index (Phi) is 13.1. The normalized spacial score (nSPS) is 24.2. The largest absolute Gasteiger partial charge is 0.392 e. The van der Waals surface area contributed by atoms with E-state index in [4.69, 9.17) is 5.73 Å². The van der Waals surface area contributed by atoms with Crippen molar-refractivity contribution in [2.24, 2.45) is 11.7 Å². The molecule has 3 aliphatic rings. The van der Waals surface area contributed by atoms with Gasteiger partial charge in [0.05, 0.1) is 55.5 Å². The van der Waals surface area contributed by atoms with Crippen molar-refractivity contribution in [3.8, 4) is 0 Å². The predicted octanol–water partition coefficient (Wildman–Crippen LogP) is -3.05. The molecule has 3 saturated heterocycles. The molecule has 7 atom stereocenters. The monoisotopic (exact) mass is 740 g/mol. The van der Waals surface area contributed by atoms with E-state index in [0.717, 1.165) is 0 Å². The molecule has 0 bridgehead atoms. The van der Waals surface area contributed by atoms with E-state index in [0.29, 0.717) is 30.8 Å². The quantitative estimate of drug-likeness (QED) is 0.0852. The van der Waals surface area contributed by atoms with Crippen LogP contribution in [-0.2, 0) is 46.4 Å². The van der Waals surface area contributed by atoms with Gasteiger partial charge < -0.3 is 46.3 Å². The number of β-amino-alcohol motifs (C(OH)–C–C–N with tert-alkyl or cyclic N) is 2. The van der Waals surface area contributed by atoms with Gasteiger partial charge in [0.25, 0.3) is 0 Å². The minimum Gasteiger partial charge on any atom is -0.392 e. The number of aromatic amines is 2. The Morgan fingerprint density at radius 1 is 0.906 bits per heavy atom. The zero-order valence-corrected chi connectivity index (χ0v) is 29.6. The molecular weight excluding hydrogens is 692 g/mol. The second-order valence-corrected chi connectivity index (χ2v) is 14.1. The molecular formula is C34H48N10O9. The number of H-pyrrole nitrogens is 2. The van der Waals surface area contributed by atoms with Crippen molar-refractivity contribution in [2.45, 2.75) is 94.2 Å². The molecule has 19 heteroatoms. The van der Waals surface area contributed by atoms with Gasteiger partial charge in [-0.3, -0.25) is 38.5 Å². The van der Waals surface area contributed by atoms with Gasteiger partial charge in [0.2, 0.25) is 29.5 Å². The van der Waals surface area contributed by atoms with Crippen molar-refractivity contribution < 1.29 is 43.8 Å². The number of carbonyl (C=O) groups is 7. The molecule has 19 nitrogen and oxygen atoms in total. The van der Waals surface area contributed by atoms with Crippen molar-refractivity contribution in [2.75, 3.05) is 33.2 Å². The van der Waals surface area contributed by atoms with Gasteiger partial charge in [0, 0.05) is 81.9 Å². The number of rotatable bonds is 17. The summed E-state index contributed by atoms with van der Waals surface area (Å²) in [4.78, 5) is 110. The summed E-state index contributed by atoms with van der Waals surface area (Å²) in [7, 11) is 1.71. The lowest BCUT2D eigenvalue weighted by atomic mass is 9.92. The molecule has 0 saturated carbocycles. The number of hydrogen-bond acceptors (Lipinski definition) is 12. The number of hydrogen-bond donors (Lipinski definition) is 7.